The number of alkyl halides is 6. The van der Waals surface area contributed by atoms with Gasteiger partial charge in [0.1, 0.15) is 17.2 Å². The van der Waals surface area contributed by atoms with Gasteiger partial charge in [-0.05, 0) is 218 Å². The number of benzene rings is 3. The summed E-state index contributed by atoms with van der Waals surface area (Å²) in [5.74, 6) is 1.23. The van der Waals surface area contributed by atoms with E-state index >= 15 is 0 Å². The number of anilines is 3. The maximum Gasteiger partial charge on any atom is 0.446 e. The van der Waals surface area contributed by atoms with Gasteiger partial charge in [-0.3, -0.25) is 53.3 Å². The highest BCUT2D eigenvalue weighted by molar-refractivity contribution is 7.89. The summed E-state index contributed by atoms with van der Waals surface area (Å²) in [6.07, 6.45) is 5.97. The predicted molar refractivity (Wildman–Crippen MR) is 454 cm³/mol. The summed E-state index contributed by atoms with van der Waals surface area (Å²) < 4.78 is 163. The molecule has 6 aromatic rings. The van der Waals surface area contributed by atoms with Crippen LogP contribution in [0, 0.1) is 59.3 Å². The molecule has 3 saturated heterocycles. The predicted octanol–water partition coefficient (Wildman–Crippen LogP) is 6.83. The van der Waals surface area contributed by atoms with Crippen LogP contribution < -0.4 is 50.2 Å². The van der Waals surface area contributed by atoms with Gasteiger partial charge in [-0.1, -0.05) is 0 Å². The third kappa shape index (κ3) is 34.8. The van der Waals surface area contributed by atoms with Gasteiger partial charge in [-0.2, -0.15) is 39.3 Å². The summed E-state index contributed by atoms with van der Waals surface area (Å²) in [6.45, 7) is 16.8. The molecule has 5 amide bonds. The number of aldehydes is 2. The Morgan fingerprint density at radius 1 is 0.435 bits per heavy atom. The van der Waals surface area contributed by atoms with E-state index in [-0.39, 0.29) is 52.8 Å². The SMILES string of the molecule is CNCC1CCN(c2ccncc2)CC1.COc1cc(C)c(S(=O)(=O)N(C)CC(=O)NCC(=O)N(C)CC2CCN(c3ccncc3)CC2)c(C)c1.COc1cc(C)c(S(=O)(=O)N(C)CC(=O)NCC(=O)N(C)CC2CCN(c3ccncc3)CC2)c(C)c1.COc1cc(C)c(S(=O)(=O)N(C)CC(=O)NCOC=O)c(C)c1.O=CC(F)(F)F.O=CC(F)(F)F. The first-order valence-corrected chi connectivity index (χ1v) is 43.5. The number of piperidine rings is 3. The zero-order valence-electron chi connectivity index (χ0n) is 72.5. The molecule has 0 spiro atoms. The van der Waals surface area contributed by atoms with E-state index < -0.39 is 92.4 Å². The Hall–Kier alpha value is -10.7. The second kappa shape index (κ2) is 50.9. The molecule has 6 heterocycles. The van der Waals surface area contributed by atoms with Gasteiger partial charge < -0.3 is 64.7 Å². The molecule has 3 aliphatic heterocycles. The van der Waals surface area contributed by atoms with Gasteiger partial charge in [-0.15, -0.1) is 0 Å². The number of pyridine rings is 3. The summed E-state index contributed by atoms with van der Waals surface area (Å²) >= 11 is 0. The van der Waals surface area contributed by atoms with E-state index in [4.69, 9.17) is 23.8 Å². The number of rotatable bonds is 31. The smallest absolute Gasteiger partial charge is 0.446 e. The quantitative estimate of drug-likeness (QED) is 0.0150. The Labute approximate surface area is 722 Å². The number of aromatic nitrogens is 3. The number of carbonyl (C=O) groups is 8. The van der Waals surface area contributed by atoms with Gasteiger partial charge in [-0.25, -0.2) is 25.3 Å². The van der Waals surface area contributed by atoms with Crippen LogP contribution in [0.15, 0.2) is 125 Å². The molecule has 124 heavy (non-hydrogen) atoms. The molecule has 33 nitrogen and oxygen atoms in total. The van der Waals surface area contributed by atoms with Gasteiger partial charge in [0, 0.05) is 142 Å². The lowest BCUT2D eigenvalue weighted by Crippen LogP contribution is -2.45. The van der Waals surface area contributed by atoms with E-state index in [1.165, 1.54) is 74.1 Å². The molecule has 686 valence electrons. The summed E-state index contributed by atoms with van der Waals surface area (Å²) in [7, 11) is 2.39. The highest BCUT2D eigenvalue weighted by Crippen LogP contribution is 2.32. The average molecular weight is 1810 g/mol. The second-order valence-corrected chi connectivity index (χ2v) is 35.4. The molecule has 0 aliphatic carbocycles. The number of methoxy groups -OCH3 is 3. The zero-order chi connectivity index (χ0) is 92.9. The standard InChI is InChI=1S/2C26H37N5O5S.C14H20N2O6S.C12H19N3.2C2HF3O/c2*1-19-14-23(36-5)15-20(2)26(19)37(34,35)30(4)18-24(32)28-16-25(33)29(3)17-21-8-12-31(13-9-21)22-6-10-27-11-7-22;1-10-5-12(21-4)6-11(2)14(10)23(19,20)16(3)7-13(18)15-8-22-9-17;1-13-10-11-4-8-15(9-5-11)12-2-6-14-7-3-12;2*3-2(4,5)1-6/h2*6-7,10-11,14-15,21H,8-9,12-13,16-18H2,1-5H3,(H,28,32);5-6,9H,7-8H2,1-4H3,(H,15,18);2-3,6-7,11,13H,4-5,8-10H2,1H3;2*1H. The van der Waals surface area contributed by atoms with Crippen molar-refractivity contribution in [3.8, 4) is 17.2 Å². The summed E-state index contributed by atoms with van der Waals surface area (Å²) in [5, 5.41) is 10.7. The van der Waals surface area contributed by atoms with Gasteiger partial charge >= 0.3 is 12.4 Å². The molecule has 3 fully saturated rings. The number of halogens is 6. The van der Waals surface area contributed by atoms with Crippen molar-refractivity contribution in [3.63, 3.8) is 0 Å². The topological polar surface area (TPSA) is 389 Å². The summed E-state index contributed by atoms with van der Waals surface area (Å²) in [5.41, 5.74) is 6.82. The molecular weight excluding hydrogens is 1690 g/mol. The molecule has 3 aromatic carbocycles. The van der Waals surface area contributed by atoms with E-state index in [1.54, 1.807) is 127 Å². The van der Waals surface area contributed by atoms with Crippen LogP contribution in [0.5, 0.6) is 17.2 Å². The average Bonchev–Trinajstić information content (AvgIpc) is 0.790. The number of nitrogens with zero attached hydrogens (tertiary/aromatic N) is 11. The van der Waals surface area contributed by atoms with Crippen LogP contribution in [-0.4, -0.2) is 286 Å². The first-order chi connectivity index (χ1) is 58.3. The molecule has 0 bridgehead atoms. The molecular formula is C82H115F6N15O18S3. The van der Waals surface area contributed by atoms with Crippen LogP contribution in [0.2, 0.25) is 0 Å². The largest absolute Gasteiger partial charge is 0.497 e. The van der Waals surface area contributed by atoms with Crippen molar-refractivity contribution < 1.29 is 109 Å². The van der Waals surface area contributed by atoms with Crippen LogP contribution in [0.25, 0.3) is 0 Å². The monoisotopic (exact) mass is 1810 g/mol. The Morgan fingerprint density at radius 2 is 0.677 bits per heavy atom. The van der Waals surface area contributed by atoms with E-state index in [1.807, 2.05) is 43.7 Å². The number of likely N-dealkylation sites (N-methyl/N-ethyl adjacent to an activating group) is 5. The Balaban J connectivity index is 0.000000344. The number of hydrogen-bond donors (Lipinski definition) is 4. The lowest BCUT2D eigenvalue weighted by atomic mass is 9.96. The minimum Gasteiger partial charge on any atom is -0.497 e. The van der Waals surface area contributed by atoms with Crippen molar-refractivity contribution in [2.75, 3.05) is 177 Å². The van der Waals surface area contributed by atoms with Crippen LogP contribution in [0.4, 0.5) is 43.4 Å². The van der Waals surface area contributed by atoms with Crippen molar-refractivity contribution in [1.29, 1.82) is 0 Å². The molecule has 0 unspecified atom stereocenters. The number of ether oxygens (including phenoxy) is 4. The van der Waals surface area contributed by atoms with Crippen molar-refractivity contribution in [2.45, 2.75) is 107 Å². The third-order valence-electron chi connectivity index (χ3n) is 20.0. The second-order valence-electron chi connectivity index (χ2n) is 29.4. The highest BCUT2D eigenvalue weighted by Gasteiger charge is 2.33. The zero-order valence-corrected chi connectivity index (χ0v) is 74.9. The van der Waals surface area contributed by atoms with Gasteiger partial charge in [0.15, 0.2) is 6.73 Å². The summed E-state index contributed by atoms with van der Waals surface area (Å²) in [6, 6.07) is 22.0. The molecule has 3 aromatic heterocycles. The molecule has 0 radical (unpaired) electrons. The number of sulfonamides is 3. The Bertz CT molecular complexity index is 4510. The van der Waals surface area contributed by atoms with Gasteiger partial charge in [0.2, 0.25) is 72.2 Å². The maximum atomic E-state index is 13.1. The number of carbonyl (C=O) groups excluding carboxylic acids is 8. The molecule has 42 heteroatoms. The van der Waals surface area contributed by atoms with E-state index in [2.05, 4.69) is 67.8 Å². The van der Waals surface area contributed by atoms with Crippen LogP contribution >= 0.6 is 0 Å². The first kappa shape index (κ1) is 106. The minimum atomic E-state index is -4.64. The van der Waals surface area contributed by atoms with E-state index in [9.17, 15) is 80.4 Å². The van der Waals surface area contributed by atoms with Crippen molar-refractivity contribution in [1.82, 2.24) is 58.9 Å². The fourth-order valence-corrected chi connectivity index (χ4v) is 18.2. The number of amides is 5. The maximum absolute atomic E-state index is 13.1. The minimum absolute atomic E-state index is 0.137. The molecule has 9 rings (SSSR count). The lowest BCUT2D eigenvalue weighted by Gasteiger charge is -2.35. The Kier molecular flexibility index (Phi) is 43.4. The van der Waals surface area contributed by atoms with Crippen LogP contribution in [0.1, 0.15) is 71.9 Å². The van der Waals surface area contributed by atoms with E-state index in [0.717, 1.165) is 88.6 Å². The fourth-order valence-electron chi connectivity index (χ4n) is 13.7. The van der Waals surface area contributed by atoms with Crippen LogP contribution in [-0.2, 0) is 73.2 Å². The molecule has 0 atom stereocenters. The fraction of sp³-hybridized carbons (Fsp3) is 0.500. The number of nitrogens with one attached hydrogen (secondary N) is 4. The normalized spacial score (nSPS) is 14.0. The number of aryl methyl sites for hydroxylation is 6. The van der Waals surface area contributed by atoms with Crippen molar-refractivity contribution >= 4 is 95.7 Å². The first-order valence-electron chi connectivity index (χ1n) is 39.1. The van der Waals surface area contributed by atoms with Gasteiger partial charge in [0.05, 0.1) is 68.7 Å². The lowest BCUT2D eigenvalue weighted by molar-refractivity contribution is -0.156. The summed E-state index contributed by atoms with van der Waals surface area (Å²) in [4.78, 5) is 112. The van der Waals surface area contributed by atoms with Gasteiger partial charge in [0.25, 0.3) is 6.47 Å². The molecule has 3 aliphatic rings. The van der Waals surface area contributed by atoms with Crippen molar-refractivity contribution in [3.05, 3.63) is 143 Å². The van der Waals surface area contributed by atoms with E-state index in [0.29, 0.717) is 75.6 Å². The number of hydrogen-bond acceptors (Lipinski definition) is 25. The molecule has 0 saturated carbocycles. The Morgan fingerprint density at radius 3 is 0.903 bits per heavy atom. The van der Waals surface area contributed by atoms with Crippen molar-refractivity contribution in [2.24, 2.45) is 17.8 Å². The van der Waals surface area contributed by atoms with Crippen LogP contribution in [0.3, 0.4) is 0 Å². The third-order valence-corrected chi connectivity index (χ3v) is 26.3. The molecule has 4 N–H and O–H groups in total. The highest BCUT2D eigenvalue weighted by atomic mass is 32.2.